The molecule has 0 radical (unpaired) electrons. The van der Waals surface area contributed by atoms with Crippen LogP contribution in [0.3, 0.4) is 0 Å². The van der Waals surface area contributed by atoms with Gasteiger partial charge < -0.3 is 0 Å². The molecule has 94 valence electrons. The maximum atomic E-state index is 11.6. The first-order chi connectivity index (χ1) is 8.59. The molecule has 0 amide bonds. The summed E-state index contributed by atoms with van der Waals surface area (Å²) in [6, 6.07) is 9.80. The van der Waals surface area contributed by atoms with E-state index in [4.69, 9.17) is 0 Å². The van der Waals surface area contributed by atoms with Crippen LogP contribution in [0, 0.1) is 5.92 Å². The van der Waals surface area contributed by atoms with Crippen LogP contribution in [0.25, 0.3) is 11.3 Å². The number of carbonyl (C=O) groups excluding carboxylic acids is 1. The zero-order valence-corrected chi connectivity index (χ0v) is 10.9. The van der Waals surface area contributed by atoms with Gasteiger partial charge in [-0.05, 0) is 5.92 Å². The number of rotatable bonds is 4. The van der Waals surface area contributed by atoms with Gasteiger partial charge in [-0.2, -0.15) is 0 Å². The lowest BCUT2D eigenvalue weighted by Crippen LogP contribution is -2.08. The predicted molar refractivity (Wildman–Crippen MR) is 70.3 cm³/mol. The van der Waals surface area contributed by atoms with Gasteiger partial charge in [-0.3, -0.25) is 4.79 Å². The lowest BCUT2D eigenvalue weighted by molar-refractivity contribution is 0.101. The van der Waals surface area contributed by atoms with E-state index in [1.165, 1.54) is 6.92 Å². The van der Waals surface area contributed by atoms with Crippen LogP contribution in [0.2, 0.25) is 0 Å². The molecule has 0 aliphatic heterocycles. The van der Waals surface area contributed by atoms with Crippen LogP contribution in [0.5, 0.6) is 0 Å². The van der Waals surface area contributed by atoms with Crippen molar-refractivity contribution in [1.82, 2.24) is 15.0 Å². The minimum atomic E-state index is -0.0520. The van der Waals surface area contributed by atoms with E-state index in [1.807, 2.05) is 35.0 Å². The van der Waals surface area contributed by atoms with E-state index >= 15 is 0 Å². The third kappa shape index (κ3) is 2.47. The molecule has 0 saturated heterocycles. The third-order valence-electron chi connectivity index (χ3n) is 2.65. The van der Waals surface area contributed by atoms with Gasteiger partial charge in [0, 0.05) is 19.0 Å². The monoisotopic (exact) mass is 243 g/mol. The second kappa shape index (κ2) is 5.12. The van der Waals surface area contributed by atoms with Crippen LogP contribution in [-0.2, 0) is 6.54 Å². The average Bonchev–Trinajstić information content (AvgIpc) is 2.73. The zero-order valence-electron chi connectivity index (χ0n) is 10.9. The molecule has 4 heteroatoms. The fourth-order valence-corrected chi connectivity index (χ4v) is 1.91. The van der Waals surface area contributed by atoms with Crippen LogP contribution >= 0.6 is 0 Å². The molecule has 0 atom stereocenters. The van der Waals surface area contributed by atoms with Crippen molar-refractivity contribution >= 4 is 5.78 Å². The summed E-state index contributed by atoms with van der Waals surface area (Å²) in [5.41, 5.74) is 2.24. The number of ketones is 1. The number of benzene rings is 1. The van der Waals surface area contributed by atoms with Gasteiger partial charge in [0.05, 0.1) is 5.69 Å². The molecule has 0 spiro atoms. The van der Waals surface area contributed by atoms with Crippen molar-refractivity contribution in [2.45, 2.75) is 27.3 Å². The average molecular weight is 243 g/mol. The van der Waals surface area contributed by atoms with Gasteiger partial charge >= 0.3 is 0 Å². The largest absolute Gasteiger partial charge is 0.293 e. The Bertz CT molecular complexity index is 543. The Hall–Kier alpha value is -1.97. The SMILES string of the molecule is CC(=O)c1nnn(CC(C)C)c1-c1ccccc1. The summed E-state index contributed by atoms with van der Waals surface area (Å²) < 4.78 is 1.82. The Morgan fingerprint density at radius 1 is 1.28 bits per heavy atom. The highest BCUT2D eigenvalue weighted by molar-refractivity contribution is 5.97. The van der Waals surface area contributed by atoms with E-state index in [-0.39, 0.29) is 5.78 Å². The number of hydrogen-bond donors (Lipinski definition) is 0. The summed E-state index contributed by atoms with van der Waals surface area (Å²) in [5.74, 6) is 0.401. The molecule has 2 aromatic rings. The number of hydrogen-bond acceptors (Lipinski definition) is 3. The maximum Gasteiger partial charge on any atom is 0.182 e. The number of carbonyl (C=O) groups is 1. The summed E-state index contributed by atoms with van der Waals surface area (Å²) in [4.78, 5) is 11.6. The molecule has 0 aliphatic rings. The van der Waals surface area contributed by atoms with Crippen molar-refractivity contribution in [2.75, 3.05) is 0 Å². The molecule has 18 heavy (non-hydrogen) atoms. The first kappa shape index (κ1) is 12.5. The van der Waals surface area contributed by atoms with E-state index in [0.29, 0.717) is 11.6 Å². The fourth-order valence-electron chi connectivity index (χ4n) is 1.91. The topological polar surface area (TPSA) is 47.8 Å². The van der Waals surface area contributed by atoms with Crippen molar-refractivity contribution in [3.63, 3.8) is 0 Å². The first-order valence-corrected chi connectivity index (χ1v) is 6.09. The highest BCUT2D eigenvalue weighted by Gasteiger charge is 2.18. The molecular weight excluding hydrogens is 226 g/mol. The Kier molecular flexibility index (Phi) is 3.55. The molecule has 1 aromatic heterocycles. The first-order valence-electron chi connectivity index (χ1n) is 6.09. The summed E-state index contributed by atoms with van der Waals surface area (Å²) >= 11 is 0. The summed E-state index contributed by atoms with van der Waals surface area (Å²) in [5, 5.41) is 8.11. The van der Waals surface area contributed by atoms with Gasteiger partial charge in [-0.15, -0.1) is 5.10 Å². The minimum Gasteiger partial charge on any atom is -0.293 e. The normalized spacial score (nSPS) is 10.9. The van der Waals surface area contributed by atoms with Gasteiger partial charge in [-0.1, -0.05) is 49.4 Å². The number of nitrogens with zero attached hydrogens (tertiary/aromatic N) is 3. The molecule has 0 unspecified atom stereocenters. The Morgan fingerprint density at radius 2 is 1.94 bits per heavy atom. The van der Waals surface area contributed by atoms with Crippen molar-refractivity contribution in [1.29, 1.82) is 0 Å². The number of aromatic nitrogens is 3. The van der Waals surface area contributed by atoms with Crippen molar-refractivity contribution < 1.29 is 4.79 Å². The van der Waals surface area contributed by atoms with E-state index in [9.17, 15) is 4.79 Å². The molecule has 0 saturated carbocycles. The van der Waals surface area contributed by atoms with Crippen LogP contribution in [0.15, 0.2) is 30.3 Å². The molecular formula is C14H17N3O. The third-order valence-corrected chi connectivity index (χ3v) is 2.65. The minimum absolute atomic E-state index is 0.0520. The molecule has 1 aromatic carbocycles. The lowest BCUT2D eigenvalue weighted by Gasteiger charge is -2.09. The Labute approximate surface area is 107 Å². The van der Waals surface area contributed by atoms with Crippen LogP contribution < -0.4 is 0 Å². The molecule has 0 aliphatic carbocycles. The second-order valence-corrected chi connectivity index (χ2v) is 4.78. The van der Waals surface area contributed by atoms with Gasteiger partial charge in [0.15, 0.2) is 11.5 Å². The van der Waals surface area contributed by atoms with E-state index in [0.717, 1.165) is 17.8 Å². The van der Waals surface area contributed by atoms with Gasteiger partial charge in [0.1, 0.15) is 0 Å². The van der Waals surface area contributed by atoms with Crippen molar-refractivity contribution in [3.8, 4) is 11.3 Å². The zero-order chi connectivity index (χ0) is 13.1. The van der Waals surface area contributed by atoms with Crippen LogP contribution in [0.4, 0.5) is 0 Å². The predicted octanol–water partition coefficient (Wildman–Crippen LogP) is 2.80. The van der Waals surface area contributed by atoms with Crippen molar-refractivity contribution in [2.24, 2.45) is 5.92 Å². The van der Waals surface area contributed by atoms with Gasteiger partial charge in [-0.25, -0.2) is 4.68 Å². The fraction of sp³-hybridized carbons (Fsp3) is 0.357. The van der Waals surface area contributed by atoms with Crippen molar-refractivity contribution in [3.05, 3.63) is 36.0 Å². The Morgan fingerprint density at radius 3 is 2.50 bits per heavy atom. The standard InChI is InChI=1S/C14H17N3O/c1-10(2)9-17-14(12-7-5-4-6-8-12)13(11(3)18)15-16-17/h4-8,10H,9H2,1-3H3. The molecule has 1 heterocycles. The maximum absolute atomic E-state index is 11.6. The molecule has 2 rings (SSSR count). The summed E-state index contributed by atoms with van der Waals surface area (Å²) in [7, 11) is 0. The van der Waals surface area contributed by atoms with E-state index in [1.54, 1.807) is 0 Å². The van der Waals surface area contributed by atoms with Crippen LogP contribution in [0.1, 0.15) is 31.3 Å². The quantitative estimate of drug-likeness (QED) is 0.776. The van der Waals surface area contributed by atoms with Crippen LogP contribution in [-0.4, -0.2) is 20.8 Å². The van der Waals surface area contributed by atoms with E-state index in [2.05, 4.69) is 24.2 Å². The molecule has 0 N–H and O–H groups in total. The van der Waals surface area contributed by atoms with E-state index < -0.39 is 0 Å². The molecule has 0 fully saturated rings. The second-order valence-electron chi connectivity index (χ2n) is 4.78. The molecule has 0 bridgehead atoms. The highest BCUT2D eigenvalue weighted by Crippen LogP contribution is 2.23. The molecule has 4 nitrogen and oxygen atoms in total. The van der Waals surface area contributed by atoms with Gasteiger partial charge in [0.2, 0.25) is 0 Å². The summed E-state index contributed by atoms with van der Waals surface area (Å²) in [6.45, 7) is 6.51. The lowest BCUT2D eigenvalue weighted by atomic mass is 10.1. The number of Topliss-reactive ketones (excluding diaryl/α,β-unsaturated/α-hetero) is 1. The smallest absolute Gasteiger partial charge is 0.182 e. The van der Waals surface area contributed by atoms with Gasteiger partial charge in [0.25, 0.3) is 0 Å². The summed E-state index contributed by atoms with van der Waals surface area (Å²) in [6.07, 6.45) is 0. The Balaban J connectivity index is 2.54. The highest BCUT2D eigenvalue weighted by atomic mass is 16.1.